The van der Waals surface area contributed by atoms with Gasteiger partial charge < -0.3 is 4.40 Å². The van der Waals surface area contributed by atoms with Crippen molar-refractivity contribution < 1.29 is 0 Å². The highest BCUT2D eigenvalue weighted by Crippen LogP contribution is 2.56. The molecule has 52 heavy (non-hydrogen) atoms. The second kappa shape index (κ2) is 10.2. The molecule has 0 saturated heterocycles. The number of benzene rings is 8. The molecule has 11 aromatic rings. The standard InChI is InChI=1S/C49H31N3/c1-28-33-15-6-7-18-36(33)44-39(43(28)47-37-19-8-10-20-40(37)50-49(51-47)32-23-22-29-12-2-3-14-31(29)26-32)27-38-35-17-9-11-21-41(35)52-42-25-24-30-13-4-5-16-34(30)45(42)46(44)48(38)52/h2-28,43H,1H3/t28-,43?/m0/s1. The molecule has 3 nitrogen and oxygen atoms in total. The van der Waals surface area contributed by atoms with Crippen LogP contribution in [0.5, 0.6) is 0 Å². The fourth-order valence-corrected chi connectivity index (χ4v) is 9.64. The number of aromatic nitrogens is 3. The topological polar surface area (TPSA) is 30.2 Å². The zero-order valence-electron chi connectivity index (χ0n) is 28.5. The summed E-state index contributed by atoms with van der Waals surface area (Å²) >= 11 is 0. The van der Waals surface area contributed by atoms with E-state index in [0.29, 0.717) is 0 Å². The first-order valence-electron chi connectivity index (χ1n) is 18.2. The molecular formula is C49H31N3. The zero-order chi connectivity index (χ0) is 34.1. The highest BCUT2D eigenvalue weighted by Gasteiger charge is 2.37. The van der Waals surface area contributed by atoms with E-state index in [1.807, 2.05) is 0 Å². The van der Waals surface area contributed by atoms with Gasteiger partial charge in [-0.2, -0.15) is 0 Å². The Kier molecular flexibility index (Phi) is 5.55. The van der Waals surface area contributed by atoms with E-state index in [2.05, 4.69) is 169 Å². The molecule has 0 amide bonds. The predicted molar refractivity (Wildman–Crippen MR) is 217 cm³/mol. The molecule has 242 valence electrons. The molecule has 2 atom stereocenters. The Balaban J connectivity index is 1.26. The molecule has 8 aromatic carbocycles. The van der Waals surface area contributed by atoms with Gasteiger partial charge in [0.25, 0.3) is 0 Å². The average molecular weight is 662 g/mol. The van der Waals surface area contributed by atoms with Crippen LogP contribution in [0.15, 0.2) is 158 Å². The molecule has 3 heterocycles. The summed E-state index contributed by atoms with van der Waals surface area (Å²) in [5.74, 6) is 0.947. The molecule has 1 aliphatic carbocycles. The van der Waals surface area contributed by atoms with Gasteiger partial charge in [0.05, 0.1) is 27.8 Å². The Bertz CT molecular complexity index is 3280. The molecule has 0 fully saturated rings. The van der Waals surface area contributed by atoms with Crippen molar-refractivity contribution in [3.63, 3.8) is 0 Å². The number of para-hydroxylation sites is 2. The van der Waals surface area contributed by atoms with E-state index in [1.54, 1.807) is 0 Å². The molecule has 0 saturated carbocycles. The van der Waals surface area contributed by atoms with Crippen LogP contribution >= 0.6 is 0 Å². The smallest absolute Gasteiger partial charge is 0.160 e. The quantitative estimate of drug-likeness (QED) is 0.185. The third kappa shape index (κ3) is 3.64. The molecule has 3 aromatic heterocycles. The van der Waals surface area contributed by atoms with E-state index in [-0.39, 0.29) is 11.8 Å². The van der Waals surface area contributed by atoms with Crippen molar-refractivity contribution in [3.05, 3.63) is 175 Å². The summed E-state index contributed by atoms with van der Waals surface area (Å²) < 4.78 is 2.52. The second-order valence-corrected chi connectivity index (χ2v) is 14.5. The fourth-order valence-electron chi connectivity index (χ4n) is 9.64. The minimum absolute atomic E-state index is 0.00112. The highest BCUT2D eigenvalue weighted by molar-refractivity contribution is 6.32. The summed E-state index contributed by atoms with van der Waals surface area (Å²) in [5, 5.41) is 11.3. The summed E-state index contributed by atoms with van der Waals surface area (Å²) in [6, 6.07) is 57.7. The molecule has 0 bridgehead atoms. The van der Waals surface area contributed by atoms with Crippen molar-refractivity contribution in [2.24, 2.45) is 0 Å². The van der Waals surface area contributed by atoms with Gasteiger partial charge in [0, 0.05) is 38.4 Å². The molecule has 1 aliphatic rings. The van der Waals surface area contributed by atoms with Crippen molar-refractivity contribution in [3.8, 4) is 22.5 Å². The molecule has 3 heteroatoms. The lowest BCUT2D eigenvalue weighted by molar-refractivity contribution is 0.639. The monoisotopic (exact) mass is 661 g/mol. The van der Waals surface area contributed by atoms with E-state index in [0.717, 1.165) is 28.0 Å². The summed E-state index contributed by atoms with van der Waals surface area (Å²) in [4.78, 5) is 10.8. The van der Waals surface area contributed by atoms with Crippen molar-refractivity contribution in [1.29, 1.82) is 0 Å². The molecule has 0 aliphatic heterocycles. The van der Waals surface area contributed by atoms with Crippen molar-refractivity contribution >= 4 is 70.5 Å². The van der Waals surface area contributed by atoms with Crippen molar-refractivity contribution in [2.75, 3.05) is 0 Å². The van der Waals surface area contributed by atoms with Gasteiger partial charge in [-0.15, -0.1) is 0 Å². The number of hydrogen-bond acceptors (Lipinski definition) is 2. The molecule has 0 N–H and O–H groups in total. The zero-order valence-corrected chi connectivity index (χ0v) is 28.5. The summed E-state index contributed by atoms with van der Waals surface area (Å²) in [6.07, 6.45) is 0. The highest BCUT2D eigenvalue weighted by atomic mass is 14.9. The summed E-state index contributed by atoms with van der Waals surface area (Å²) in [6.45, 7) is 2.40. The summed E-state index contributed by atoms with van der Waals surface area (Å²) in [7, 11) is 0. The lowest BCUT2D eigenvalue weighted by Crippen LogP contribution is -2.19. The van der Waals surface area contributed by atoms with Crippen LogP contribution in [0.1, 0.15) is 35.6 Å². The van der Waals surface area contributed by atoms with Gasteiger partial charge >= 0.3 is 0 Å². The Morgan fingerprint density at radius 1 is 0.500 bits per heavy atom. The van der Waals surface area contributed by atoms with Gasteiger partial charge in [0.1, 0.15) is 0 Å². The number of nitrogens with zero attached hydrogens (tertiary/aromatic N) is 3. The Morgan fingerprint density at radius 2 is 1.21 bits per heavy atom. The fraction of sp³-hybridized carbons (Fsp3) is 0.0612. The van der Waals surface area contributed by atoms with Gasteiger partial charge in [0.15, 0.2) is 5.82 Å². The van der Waals surface area contributed by atoms with E-state index in [1.165, 1.54) is 81.9 Å². The van der Waals surface area contributed by atoms with E-state index in [4.69, 9.17) is 9.97 Å². The van der Waals surface area contributed by atoms with E-state index >= 15 is 0 Å². The third-order valence-electron chi connectivity index (χ3n) is 11.9. The van der Waals surface area contributed by atoms with Gasteiger partial charge in [-0.3, -0.25) is 0 Å². The maximum Gasteiger partial charge on any atom is 0.160 e. The molecule has 12 rings (SSSR count). The molecule has 0 radical (unpaired) electrons. The molecule has 1 unspecified atom stereocenters. The van der Waals surface area contributed by atoms with Crippen LogP contribution in [0.2, 0.25) is 0 Å². The van der Waals surface area contributed by atoms with E-state index in [9.17, 15) is 0 Å². The van der Waals surface area contributed by atoms with Crippen LogP contribution < -0.4 is 0 Å². The minimum atomic E-state index is -0.00112. The Morgan fingerprint density at radius 3 is 2.12 bits per heavy atom. The maximum atomic E-state index is 5.60. The first kappa shape index (κ1) is 28.2. The molecular weight excluding hydrogens is 631 g/mol. The van der Waals surface area contributed by atoms with Gasteiger partial charge in [-0.25, -0.2) is 9.97 Å². The van der Waals surface area contributed by atoms with Gasteiger partial charge in [0.2, 0.25) is 0 Å². The van der Waals surface area contributed by atoms with Crippen molar-refractivity contribution in [2.45, 2.75) is 18.8 Å². The summed E-state index contributed by atoms with van der Waals surface area (Å²) in [5.41, 5.74) is 12.3. The van der Waals surface area contributed by atoms with Crippen molar-refractivity contribution in [1.82, 2.24) is 14.4 Å². The largest absolute Gasteiger partial charge is 0.308 e. The van der Waals surface area contributed by atoms with Gasteiger partial charge in [-0.05, 0) is 80.0 Å². The first-order valence-corrected chi connectivity index (χ1v) is 18.2. The van der Waals surface area contributed by atoms with E-state index < -0.39 is 0 Å². The minimum Gasteiger partial charge on any atom is -0.308 e. The lowest BCUT2D eigenvalue weighted by Gasteiger charge is -2.34. The van der Waals surface area contributed by atoms with Crippen LogP contribution in [-0.2, 0) is 0 Å². The number of hydrogen-bond donors (Lipinski definition) is 0. The van der Waals surface area contributed by atoms with Crippen LogP contribution in [-0.4, -0.2) is 14.4 Å². The normalized spacial score (nSPS) is 15.8. The number of rotatable bonds is 2. The SMILES string of the molecule is C[C@H]1c2ccccc2-c2c(cc3c4ccccc4n4c5ccc6ccccc6c5c2c34)C1c1nc(-c2ccc3ccccc3c2)nc2ccccc12. The number of fused-ring (bicyclic) bond motifs is 14. The maximum absolute atomic E-state index is 5.60. The third-order valence-corrected chi connectivity index (χ3v) is 11.9. The Labute approximate surface area is 299 Å². The predicted octanol–water partition coefficient (Wildman–Crippen LogP) is 12.7. The lowest BCUT2D eigenvalue weighted by atomic mass is 9.69. The first-order chi connectivity index (χ1) is 25.7. The van der Waals surface area contributed by atoms with Crippen LogP contribution in [0.4, 0.5) is 0 Å². The average Bonchev–Trinajstić information content (AvgIpc) is 3.73. The van der Waals surface area contributed by atoms with Gasteiger partial charge in [-0.1, -0.05) is 134 Å². The van der Waals surface area contributed by atoms with Crippen LogP contribution in [0.25, 0.3) is 93.1 Å². The van der Waals surface area contributed by atoms with Crippen LogP contribution in [0.3, 0.4) is 0 Å². The molecule has 0 spiro atoms. The second-order valence-electron chi connectivity index (χ2n) is 14.5. The van der Waals surface area contributed by atoms with Crippen LogP contribution in [0, 0.1) is 0 Å². The Hall–Kier alpha value is -6.58.